The van der Waals surface area contributed by atoms with Gasteiger partial charge in [0.25, 0.3) is 0 Å². The molecule has 2 unspecified atom stereocenters. The molecule has 96 valence electrons. The number of aliphatic hydroxyl groups is 1. The van der Waals surface area contributed by atoms with Gasteiger partial charge in [-0.1, -0.05) is 32.8 Å². The summed E-state index contributed by atoms with van der Waals surface area (Å²) >= 11 is 3.44. The summed E-state index contributed by atoms with van der Waals surface area (Å²) in [6.07, 6.45) is 2.75. The van der Waals surface area contributed by atoms with Gasteiger partial charge in [0.1, 0.15) is 5.75 Å². The van der Waals surface area contributed by atoms with Crippen LogP contribution in [0, 0.1) is 5.92 Å². The quantitative estimate of drug-likeness (QED) is 0.848. The molecule has 0 spiro atoms. The summed E-state index contributed by atoms with van der Waals surface area (Å²) in [6, 6.07) is 5.74. The van der Waals surface area contributed by atoms with Crippen LogP contribution in [-0.2, 0) is 0 Å². The Kier molecular flexibility index (Phi) is 6.00. The maximum atomic E-state index is 10.1. The van der Waals surface area contributed by atoms with Crippen molar-refractivity contribution in [3.05, 3.63) is 28.2 Å². The molecule has 0 radical (unpaired) electrons. The zero-order chi connectivity index (χ0) is 12.8. The lowest BCUT2D eigenvalue weighted by Crippen LogP contribution is -2.04. The summed E-state index contributed by atoms with van der Waals surface area (Å²) in [4.78, 5) is 0. The van der Waals surface area contributed by atoms with Crippen molar-refractivity contribution < 1.29 is 9.84 Å². The molecule has 0 bridgehead atoms. The minimum Gasteiger partial charge on any atom is -0.496 e. The van der Waals surface area contributed by atoms with Crippen molar-refractivity contribution in [1.29, 1.82) is 0 Å². The Morgan fingerprint density at radius 1 is 1.41 bits per heavy atom. The molecule has 2 nitrogen and oxygen atoms in total. The Bertz CT molecular complexity index is 352. The summed E-state index contributed by atoms with van der Waals surface area (Å²) in [5, 5.41) is 10.1. The molecule has 2 atom stereocenters. The van der Waals surface area contributed by atoms with Gasteiger partial charge in [0.05, 0.1) is 17.7 Å². The van der Waals surface area contributed by atoms with E-state index in [1.807, 2.05) is 18.2 Å². The normalized spacial score (nSPS) is 14.4. The van der Waals surface area contributed by atoms with Crippen molar-refractivity contribution in [3.63, 3.8) is 0 Å². The number of hydrogen-bond donors (Lipinski definition) is 1. The first-order valence-corrected chi connectivity index (χ1v) is 6.89. The Labute approximate surface area is 112 Å². The summed E-state index contributed by atoms with van der Waals surface area (Å²) in [6.45, 7) is 4.36. The summed E-state index contributed by atoms with van der Waals surface area (Å²) in [5.41, 5.74) is 0.945. The predicted octanol–water partition coefficient (Wildman–Crippen LogP) is 4.32. The molecule has 3 heteroatoms. The van der Waals surface area contributed by atoms with Gasteiger partial charge in [0.15, 0.2) is 0 Å². The summed E-state index contributed by atoms with van der Waals surface area (Å²) < 4.78 is 6.06. The van der Waals surface area contributed by atoms with E-state index < -0.39 is 6.10 Å². The van der Waals surface area contributed by atoms with Crippen molar-refractivity contribution in [2.75, 3.05) is 7.11 Å². The molecule has 0 aromatic heterocycles. The van der Waals surface area contributed by atoms with Gasteiger partial charge in [-0.3, -0.25) is 0 Å². The minimum atomic E-state index is -0.390. The highest BCUT2D eigenvalue weighted by Gasteiger charge is 2.13. The monoisotopic (exact) mass is 300 g/mol. The second-order valence-corrected chi connectivity index (χ2v) is 5.39. The first-order valence-electron chi connectivity index (χ1n) is 6.10. The molecule has 17 heavy (non-hydrogen) atoms. The van der Waals surface area contributed by atoms with E-state index in [0.717, 1.165) is 28.6 Å². The third-order valence-corrected chi connectivity index (χ3v) is 3.59. The molecule has 0 saturated carbocycles. The zero-order valence-corrected chi connectivity index (χ0v) is 12.3. The third-order valence-electron chi connectivity index (χ3n) is 2.97. The van der Waals surface area contributed by atoms with Crippen LogP contribution >= 0.6 is 15.9 Å². The van der Waals surface area contributed by atoms with Crippen LogP contribution in [-0.4, -0.2) is 12.2 Å². The van der Waals surface area contributed by atoms with Crippen LogP contribution < -0.4 is 4.74 Å². The van der Waals surface area contributed by atoms with E-state index >= 15 is 0 Å². The van der Waals surface area contributed by atoms with Crippen LogP contribution in [0.4, 0.5) is 0 Å². The number of methoxy groups -OCH3 is 1. The average Bonchev–Trinajstić information content (AvgIpc) is 2.29. The molecule has 1 rings (SSSR count). The van der Waals surface area contributed by atoms with Gasteiger partial charge >= 0.3 is 0 Å². The Balaban J connectivity index is 2.69. The Morgan fingerprint density at radius 3 is 2.65 bits per heavy atom. The van der Waals surface area contributed by atoms with E-state index in [9.17, 15) is 5.11 Å². The van der Waals surface area contributed by atoms with Gasteiger partial charge in [0.2, 0.25) is 0 Å². The molecular formula is C14H21BrO2. The predicted molar refractivity (Wildman–Crippen MR) is 74.3 cm³/mol. The number of benzene rings is 1. The fourth-order valence-corrected chi connectivity index (χ4v) is 2.58. The maximum absolute atomic E-state index is 10.1. The topological polar surface area (TPSA) is 29.5 Å². The SMILES string of the molecule is CCCC(C)CC(O)c1ccc(OC)c(Br)c1. The maximum Gasteiger partial charge on any atom is 0.133 e. The van der Waals surface area contributed by atoms with E-state index in [4.69, 9.17) is 4.74 Å². The molecule has 0 heterocycles. The number of ether oxygens (including phenoxy) is 1. The smallest absolute Gasteiger partial charge is 0.133 e. The van der Waals surface area contributed by atoms with Gasteiger partial charge in [-0.05, 0) is 46.0 Å². The fraction of sp³-hybridized carbons (Fsp3) is 0.571. The second-order valence-electron chi connectivity index (χ2n) is 4.54. The van der Waals surface area contributed by atoms with Crippen molar-refractivity contribution in [2.24, 2.45) is 5.92 Å². The molecule has 0 aliphatic heterocycles. The molecule has 0 aliphatic carbocycles. The number of aliphatic hydroxyl groups excluding tert-OH is 1. The highest BCUT2D eigenvalue weighted by Crippen LogP contribution is 2.30. The van der Waals surface area contributed by atoms with Gasteiger partial charge in [-0.2, -0.15) is 0 Å². The van der Waals surface area contributed by atoms with Crippen LogP contribution in [0.15, 0.2) is 22.7 Å². The minimum absolute atomic E-state index is 0.390. The molecule has 0 amide bonds. The first-order chi connectivity index (χ1) is 8.08. The van der Waals surface area contributed by atoms with Gasteiger partial charge in [-0.15, -0.1) is 0 Å². The second kappa shape index (κ2) is 7.02. The lowest BCUT2D eigenvalue weighted by molar-refractivity contribution is 0.145. The summed E-state index contributed by atoms with van der Waals surface area (Å²) in [7, 11) is 1.64. The highest BCUT2D eigenvalue weighted by molar-refractivity contribution is 9.10. The third kappa shape index (κ3) is 4.32. The van der Waals surface area contributed by atoms with Crippen LogP contribution in [0.5, 0.6) is 5.75 Å². The van der Waals surface area contributed by atoms with Crippen LogP contribution in [0.2, 0.25) is 0 Å². The van der Waals surface area contributed by atoms with E-state index in [-0.39, 0.29) is 0 Å². The number of hydrogen-bond acceptors (Lipinski definition) is 2. The van der Waals surface area contributed by atoms with Gasteiger partial charge in [-0.25, -0.2) is 0 Å². The Morgan fingerprint density at radius 2 is 2.12 bits per heavy atom. The summed E-state index contributed by atoms with van der Waals surface area (Å²) in [5.74, 6) is 1.35. The lowest BCUT2D eigenvalue weighted by atomic mass is 9.95. The number of halogens is 1. The van der Waals surface area contributed by atoms with E-state index in [0.29, 0.717) is 5.92 Å². The van der Waals surface area contributed by atoms with E-state index in [1.54, 1.807) is 7.11 Å². The first kappa shape index (κ1) is 14.5. The highest BCUT2D eigenvalue weighted by atomic mass is 79.9. The van der Waals surface area contributed by atoms with Crippen LogP contribution in [0.3, 0.4) is 0 Å². The molecule has 0 saturated heterocycles. The van der Waals surface area contributed by atoms with Crippen molar-refractivity contribution in [1.82, 2.24) is 0 Å². The largest absolute Gasteiger partial charge is 0.496 e. The standard InChI is InChI=1S/C14H21BrO2/c1-4-5-10(2)8-13(16)11-6-7-14(17-3)12(15)9-11/h6-7,9-10,13,16H,4-5,8H2,1-3H3. The Hall–Kier alpha value is -0.540. The van der Waals surface area contributed by atoms with Crippen molar-refractivity contribution >= 4 is 15.9 Å². The fourth-order valence-electron chi connectivity index (χ4n) is 2.02. The molecule has 0 fully saturated rings. The zero-order valence-electron chi connectivity index (χ0n) is 10.7. The molecule has 1 aromatic carbocycles. The van der Waals surface area contributed by atoms with Crippen LogP contribution in [0.25, 0.3) is 0 Å². The molecule has 1 N–H and O–H groups in total. The molecule has 0 aliphatic rings. The van der Waals surface area contributed by atoms with E-state index in [2.05, 4.69) is 29.8 Å². The van der Waals surface area contributed by atoms with E-state index in [1.165, 1.54) is 6.42 Å². The molecule has 1 aromatic rings. The lowest BCUT2D eigenvalue weighted by Gasteiger charge is -2.17. The van der Waals surface area contributed by atoms with Crippen molar-refractivity contribution in [3.8, 4) is 5.75 Å². The number of rotatable bonds is 6. The average molecular weight is 301 g/mol. The van der Waals surface area contributed by atoms with Crippen LogP contribution in [0.1, 0.15) is 44.8 Å². The van der Waals surface area contributed by atoms with Crippen molar-refractivity contribution in [2.45, 2.75) is 39.2 Å². The molecular weight excluding hydrogens is 280 g/mol. The van der Waals surface area contributed by atoms with Gasteiger partial charge < -0.3 is 9.84 Å². The van der Waals surface area contributed by atoms with Gasteiger partial charge in [0, 0.05) is 0 Å².